The van der Waals surface area contributed by atoms with Crippen molar-refractivity contribution in [3.63, 3.8) is 0 Å². The number of hydrogen-bond donors (Lipinski definition) is 0. The minimum atomic E-state index is -6.00. The first kappa shape index (κ1) is 47.2. The fourth-order valence-corrected chi connectivity index (χ4v) is 14.9. The average molecular weight is 824 g/mol. The number of hydrogen-bond acceptors (Lipinski definition) is 0. The number of halogens is 4. The Morgan fingerprint density at radius 3 is 0.915 bits per heavy atom. The molecular weight excluding hydrogens is 764 g/mol. The fourth-order valence-electron chi connectivity index (χ4n) is 7.04. The van der Waals surface area contributed by atoms with Gasteiger partial charge in [-0.25, -0.2) is 0 Å². The third-order valence-electron chi connectivity index (χ3n) is 9.24. The summed E-state index contributed by atoms with van der Waals surface area (Å²) in [6.07, 6.45) is 38.1. The Labute approximate surface area is 312 Å². The molecule has 3 aliphatic carbocycles. The normalized spacial score (nSPS) is 27.0. The van der Waals surface area contributed by atoms with Crippen molar-refractivity contribution >= 4 is 23.1 Å². The molecule has 0 spiro atoms. The van der Waals surface area contributed by atoms with Gasteiger partial charge in [-0.2, -0.15) is 0 Å². The predicted octanol–water partition coefficient (Wildman–Crippen LogP) is 13.9. The van der Waals surface area contributed by atoms with Crippen LogP contribution in [-0.2, 0) is 36.5 Å². The Balaban J connectivity index is 0.000000643. The summed E-state index contributed by atoms with van der Waals surface area (Å²) in [5, 5.41) is 3.31. The van der Waals surface area contributed by atoms with Crippen molar-refractivity contribution in [2.75, 3.05) is 0 Å². The molecular formula is C38H60BF4FeP2Rh-. The van der Waals surface area contributed by atoms with Gasteiger partial charge in [0.05, 0.1) is 0 Å². The Kier molecular flexibility index (Phi) is 24.5. The standard InChI is InChI=1S/2C15H24P.C8H12.BF4.Fe.Rh/c2*1-11(2)14-9-10-15(12(3)4)16(14)13-7-5-6-8-13;1-2-4-6-8-7-5-3-1;2-1(3,4)5;;/h2*5-8,11-12,14-15H,9-10H2,1-4H3;1-2,7-8H,3-6H2;;;/q;;;-1;;/b;;2-1-,8-7-;;;/t2*14-,15-;;;;/m11..../s1. The first-order valence-electron chi connectivity index (χ1n) is 17.4. The van der Waals surface area contributed by atoms with E-state index in [1.165, 1.54) is 51.4 Å². The molecule has 5 rings (SSSR count). The quantitative estimate of drug-likeness (QED) is 0.108. The van der Waals surface area contributed by atoms with E-state index in [1.807, 2.05) is 0 Å². The van der Waals surface area contributed by atoms with Gasteiger partial charge >= 0.3 is 7.25 Å². The van der Waals surface area contributed by atoms with Gasteiger partial charge in [0.2, 0.25) is 0 Å². The zero-order chi connectivity index (χ0) is 33.6. The molecule has 0 unspecified atom stereocenters. The summed E-state index contributed by atoms with van der Waals surface area (Å²) in [6.45, 7) is 19.3. The molecule has 3 radical (unpaired) electrons. The van der Waals surface area contributed by atoms with E-state index in [9.17, 15) is 17.3 Å². The number of rotatable bonds is 6. The van der Waals surface area contributed by atoms with E-state index in [1.54, 1.807) is 10.6 Å². The summed E-state index contributed by atoms with van der Waals surface area (Å²) >= 11 is 0. The van der Waals surface area contributed by atoms with E-state index >= 15 is 0 Å². The molecule has 0 aromatic carbocycles. The van der Waals surface area contributed by atoms with Crippen molar-refractivity contribution < 1.29 is 53.8 Å². The van der Waals surface area contributed by atoms with Crippen LogP contribution in [0.1, 0.15) is 107 Å². The minimum absolute atomic E-state index is 0. The maximum atomic E-state index is 9.75. The van der Waals surface area contributed by atoms with Crippen LogP contribution in [0.5, 0.6) is 0 Å². The van der Waals surface area contributed by atoms with Crippen LogP contribution in [0.3, 0.4) is 0 Å². The van der Waals surface area contributed by atoms with E-state index in [0.29, 0.717) is 0 Å². The van der Waals surface area contributed by atoms with Crippen LogP contribution in [0.15, 0.2) is 71.4 Å². The van der Waals surface area contributed by atoms with Crippen LogP contribution < -0.4 is 0 Å². The maximum Gasteiger partial charge on any atom is 0.673 e. The monoisotopic (exact) mass is 824 g/mol. The summed E-state index contributed by atoms with van der Waals surface area (Å²) in [6, 6.07) is 0. The van der Waals surface area contributed by atoms with Crippen molar-refractivity contribution in [3.05, 3.63) is 84.2 Å². The average Bonchev–Trinajstić information content (AvgIpc) is 3.73. The van der Waals surface area contributed by atoms with Gasteiger partial charge < -0.3 is 17.3 Å². The molecule has 5 aliphatic rings. The SMILES string of the molecule is C1=C\CC/C=C\CC/1.CC(C)[C@H]1CC[C@H](C(C)C)P1C1=CC=C[CH]1.CC(C)[C@H]1CC[C@H](C(C)C)P1C1=CC=C[CH]1.F[B-](F)(F)F.[Fe].[Rh]. The van der Waals surface area contributed by atoms with Crippen molar-refractivity contribution in [1.29, 1.82) is 0 Å². The summed E-state index contributed by atoms with van der Waals surface area (Å²) in [5.74, 6) is 3.41. The molecule has 47 heavy (non-hydrogen) atoms. The van der Waals surface area contributed by atoms with Crippen molar-refractivity contribution in [3.8, 4) is 0 Å². The van der Waals surface area contributed by atoms with Crippen LogP contribution in [0.25, 0.3) is 0 Å². The molecule has 4 atom stereocenters. The molecule has 0 amide bonds. The Bertz CT molecular complexity index is 923. The van der Waals surface area contributed by atoms with Gasteiger partial charge in [0.25, 0.3) is 0 Å². The van der Waals surface area contributed by atoms with Crippen LogP contribution >= 0.6 is 15.8 Å². The summed E-state index contributed by atoms with van der Waals surface area (Å²) in [5.41, 5.74) is 3.85. The van der Waals surface area contributed by atoms with Gasteiger partial charge in [-0.05, 0) is 108 Å². The van der Waals surface area contributed by atoms with Crippen molar-refractivity contribution in [2.24, 2.45) is 23.7 Å². The molecule has 2 fully saturated rings. The zero-order valence-corrected chi connectivity index (χ0v) is 34.4. The van der Waals surface area contributed by atoms with Gasteiger partial charge in [-0.1, -0.05) is 132 Å². The van der Waals surface area contributed by atoms with Crippen LogP contribution in [0, 0.1) is 36.5 Å². The Morgan fingerprint density at radius 2 is 0.745 bits per heavy atom. The third-order valence-corrected chi connectivity index (χ3v) is 17.3. The second kappa shape index (κ2) is 24.4. The molecule has 9 heteroatoms. The smallest absolute Gasteiger partial charge is 0.418 e. The van der Waals surface area contributed by atoms with Crippen molar-refractivity contribution in [2.45, 2.75) is 129 Å². The summed E-state index contributed by atoms with van der Waals surface area (Å²) in [7, 11) is -5.82. The molecule has 0 bridgehead atoms. The summed E-state index contributed by atoms with van der Waals surface area (Å²) < 4.78 is 39.0. The third kappa shape index (κ3) is 17.3. The van der Waals surface area contributed by atoms with E-state index in [2.05, 4.69) is 129 Å². The molecule has 0 nitrogen and oxygen atoms in total. The molecule has 2 heterocycles. The first-order chi connectivity index (χ1) is 21.2. The zero-order valence-electron chi connectivity index (χ0n) is 29.9. The minimum Gasteiger partial charge on any atom is -0.418 e. The number of allylic oxidation sites excluding steroid dienone is 12. The van der Waals surface area contributed by atoms with Gasteiger partial charge in [-0.3, -0.25) is 0 Å². The Hall–Kier alpha value is 0.228. The second-order valence-corrected chi connectivity index (χ2v) is 19.4. The van der Waals surface area contributed by atoms with E-state index < -0.39 is 7.25 Å². The Morgan fingerprint density at radius 1 is 0.511 bits per heavy atom. The van der Waals surface area contributed by atoms with Crippen LogP contribution in [0.2, 0.25) is 0 Å². The van der Waals surface area contributed by atoms with Gasteiger partial charge in [0.1, 0.15) is 0 Å². The molecule has 2 saturated heterocycles. The molecule has 0 aromatic rings. The molecule has 271 valence electrons. The van der Waals surface area contributed by atoms with Crippen molar-refractivity contribution in [1.82, 2.24) is 0 Å². The molecule has 2 aliphatic heterocycles. The van der Waals surface area contributed by atoms with Gasteiger partial charge in [-0.15, -0.1) is 0 Å². The van der Waals surface area contributed by atoms with Gasteiger partial charge in [0, 0.05) is 49.4 Å². The topological polar surface area (TPSA) is 0 Å². The van der Waals surface area contributed by atoms with E-state index in [4.69, 9.17) is 0 Å². The maximum absolute atomic E-state index is 9.75. The summed E-state index contributed by atoms with van der Waals surface area (Å²) in [4.78, 5) is 0. The van der Waals surface area contributed by atoms with Crippen LogP contribution in [0.4, 0.5) is 17.3 Å². The van der Waals surface area contributed by atoms with E-state index in [-0.39, 0.29) is 52.4 Å². The second-order valence-electron chi connectivity index (χ2n) is 14.1. The largest absolute Gasteiger partial charge is 0.673 e. The van der Waals surface area contributed by atoms with Crippen LogP contribution in [-0.4, -0.2) is 29.9 Å². The molecule has 0 N–H and O–H groups in total. The molecule has 0 saturated carbocycles. The van der Waals surface area contributed by atoms with Gasteiger partial charge in [0.15, 0.2) is 0 Å². The van der Waals surface area contributed by atoms with E-state index in [0.717, 1.165) is 46.3 Å². The fraction of sp³-hybridized carbons (Fsp3) is 0.632. The first-order valence-corrected chi connectivity index (χ1v) is 20.4. The predicted molar refractivity (Wildman–Crippen MR) is 197 cm³/mol. The molecule has 0 aromatic heterocycles.